The highest BCUT2D eigenvalue weighted by Gasteiger charge is 2.50. The summed E-state index contributed by atoms with van der Waals surface area (Å²) in [6, 6.07) is 20.0. The minimum absolute atomic E-state index is 0.0152. The Morgan fingerprint density at radius 1 is 1.03 bits per heavy atom. The number of rotatable bonds is 11. The van der Waals surface area contributed by atoms with Crippen molar-refractivity contribution in [3.8, 4) is 17.2 Å². The smallest absolute Gasteiger partial charge is 0.297 e. The minimum Gasteiger partial charge on any atom is -0.489 e. The molecule has 3 unspecified atom stereocenters. The Morgan fingerprint density at radius 2 is 1.86 bits per heavy atom. The number of amides is 1. The zero-order valence-corrected chi connectivity index (χ0v) is 36.4. The standard InChI is InChI=1S/C47H51N7O9S/c1-29(2)35-6-3-4-7-36(35)39-8-5-15-53(39)32-24-47(25-32)12-16-52(17-13-47)31-9-10-37(41(21-31)63-33-20-30-11-14-48-45(30)49-26-33)46(55)51-64(58,59)34-22-40(54(56)57)44-42(23-34)62-27-38(50-44)43-28-60-18-19-61-43/h3-4,6-7,9-11,14,20-23,26,32,38-39,43,50H,1,5,8,12-13,15-19,24-25,27-28H2,2H3,(H,48,49)(H,51,55). The number of allylic oxidation sites excluding steroid dienone is 1. The largest absolute Gasteiger partial charge is 0.489 e. The summed E-state index contributed by atoms with van der Waals surface area (Å²) in [5.41, 5.74) is 4.98. The Morgan fingerprint density at radius 3 is 2.64 bits per heavy atom. The topological polar surface area (TPSA) is 190 Å². The highest BCUT2D eigenvalue weighted by atomic mass is 32.2. The summed E-state index contributed by atoms with van der Waals surface area (Å²) < 4.78 is 53.3. The third-order valence-corrected chi connectivity index (χ3v) is 15.0. The van der Waals surface area contributed by atoms with Gasteiger partial charge < -0.3 is 34.1 Å². The highest BCUT2D eigenvalue weighted by Crippen LogP contribution is 2.54. The number of carbonyl (C=O) groups is 1. The monoisotopic (exact) mass is 889 g/mol. The number of piperidine rings is 1. The van der Waals surface area contributed by atoms with Gasteiger partial charge in [0.25, 0.3) is 21.6 Å². The summed E-state index contributed by atoms with van der Waals surface area (Å²) in [7, 11) is -4.66. The quantitative estimate of drug-likeness (QED) is 0.0870. The number of fused-ring (bicyclic) bond motifs is 2. The number of nitrogens with zero attached hydrogens (tertiary/aromatic N) is 4. The second kappa shape index (κ2) is 16.8. The van der Waals surface area contributed by atoms with Crippen molar-refractivity contribution in [3.63, 3.8) is 0 Å². The van der Waals surface area contributed by atoms with Gasteiger partial charge >= 0.3 is 0 Å². The molecule has 4 fully saturated rings. The number of aromatic nitrogens is 2. The first-order valence-corrected chi connectivity index (χ1v) is 23.4. The molecule has 5 aliphatic rings. The third kappa shape index (κ3) is 8.05. The Kier molecular flexibility index (Phi) is 11.0. The van der Waals surface area contributed by atoms with E-state index in [4.69, 9.17) is 18.9 Å². The minimum atomic E-state index is -4.66. The van der Waals surface area contributed by atoms with E-state index in [1.165, 1.54) is 36.6 Å². The number of ether oxygens (including phenoxy) is 4. The van der Waals surface area contributed by atoms with Crippen molar-refractivity contribution >= 4 is 49.6 Å². The molecular weight excluding hydrogens is 839 g/mol. The lowest BCUT2D eigenvalue weighted by atomic mass is 9.59. The van der Waals surface area contributed by atoms with Crippen molar-refractivity contribution in [2.45, 2.75) is 74.6 Å². The summed E-state index contributed by atoms with van der Waals surface area (Å²) in [5, 5.41) is 16.2. The number of likely N-dealkylation sites (tertiary alicyclic amines) is 1. The van der Waals surface area contributed by atoms with Crippen LogP contribution in [0.3, 0.4) is 0 Å². The van der Waals surface area contributed by atoms with Crippen LogP contribution in [0.2, 0.25) is 0 Å². The van der Waals surface area contributed by atoms with Crippen LogP contribution in [-0.4, -0.2) is 98.4 Å². The third-order valence-electron chi connectivity index (χ3n) is 13.7. The molecule has 1 aliphatic carbocycles. The van der Waals surface area contributed by atoms with Gasteiger partial charge in [-0.25, -0.2) is 18.1 Å². The fourth-order valence-electron chi connectivity index (χ4n) is 10.4. The zero-order chi connectivity index (χ0) is 44.2. The Labute approximate surface area is 371 Å². The van der Waals surface area contributed by atoms with E-state index in [9.17, 15) is 23.3 Å². The van der Waals surface area contributed by atoms with Crippen molar-refractivity contribution in [1.29, 1.82) is 0 Å². The molecule has 2 aromatic heterocycles. The molecule has 5 aromatic rings. The fraction of sp³-hybridized carbons (Fsp3) is 0.404. The molecule has 334 valence electrons. The fourth-order valence-corrected chi connectivity index (χ4v) is 11.4. The maximum absolute atomic E-state index is 14.0. The Balaban J connectivity index is 0.862. The molecule has 3 atom stereocenters. The number of nitro benzene ring substituents is 1. The molecule has 0 bridgehead atoms. The number of pyridine rings is 1. The number of H-pyrrole nitrogens is 1. The average molecular weight is 890 g/mol. The van der Waals surface area contributed by atoms with E-state index in [2.05, 4.69) is 67.6 Å². The first kappa shape index (κ1) is 42.0. The lowest BCUT2D eigenvalue weighted by Crippen LogP contribution is -2.54. The van der Waals surface area contributed by atoms with Crippen LogP contribution in [0.4, 0.5) is 17.1 Å². The maximum atomic E-state index is 14.0. The van der Waals surface area contributed by atoms with Gasteiger partial charge in [0, 0.05) is 60.6 Å². The number of nitrogens with one attached hydrogen (secondary N) is 3. The number of anilines is 2. The van der Waals surface area contributed by atoms with E-state index >= 15 is 0 Å². The molecule has 0 radical (unpaired) electrons. The molecule has 1 saturated carbocycles. The molecule has 17 heteroatoms. The van der Waals surface area contributed by atoms with Crippen LogP contribution in [0.1, 0.15) is 73.0 Å². The number of hydrogen-bond acceptors (Lipinski definition) is 13. The molecule has 3 saturated heterocycles. The second-order valence-corrected chi connectivity index (χ2v) is 19.4. The van der Waals surface area contributed by atoms with Crippen molar-refractivity contribution < 1.29 is 37.1 Å². The normalized spacial score (nSPS) is 22.3. The van der Waals surface area contributed by atoms with Crippen LogP contribution in [0.5, 0.6) is 17.2 Å². The van der Waals surface area contributed by atoms with Crippen molar-refractivity contribution in [3.05, 3.63) is 113 Å². The number of sulfonamides is 1. The van der Waals surface area contributed by atoms with Gasteiger partial charge in [-0.15, -0.1) is 0 Å². The second-order valence-electron chi connectivity index (χ2n) is 17.7. The average Bonchev–Trinajstić information content (AvgIpc) is 3.98. The van der Waals surface area contributed by atoms with Gasteiger partial charge in [-0.05, 0) is 92.8 Å². The Hall–Kier alpha value is -6.01. The number of benzene rings is 3. The summed E-state index contributed by atoms with van der Waals surface area (Å²) in [6.07, 6.45) is 9.64. The summed E-state index contributed by atoms with van der Waals surface area (Å²) >= 11 is 0. The Bertz CT molecular complexity index is 2740. The van der Waals surface area contributed by atoms with Gasteiger partial charge in [0.1, 0.15) is 29.9 Å². The summed E-state index contributed by atoms with van der Waals surface area (Å²) in [4.78, 5) is 37.6. The molecule has 1 amide bonds. The van der Waals surface area contributed by atoms with Crippen LogP contribution in [0, 0.1) is 15.5 Å². The van der Waals surface area contributed by atoms with E-state index in [0.29, 0.717) is 36.7 Å². The molecular formula is C47H51N7O9S. The SMILES string of the molecule is C=C(C)c1ccccc1C1CCCN1C1CC2(CCN(c3ccc(C(=O)NS(=O)(=O)c4cc5c(c([N+](=O)[O-])c4)NC(C4COCCO4)CO5)c(Oc4cnc5[nH]ccc5c4)c3)CC2)C1. The highest BCUT2D eigenvalue weighted by molar-refractivity contribution is 7.90. The van der Waals surface area contributed by atoms with E-state index in [1.807, 2.05) is 6.07 Å². The van der Waals surface area contributed by atoms with Gasteiger partial charge in [-0.3, -0.25) is 19.8 Å². The van der Waals surface area contributed by atoms with Crippen molar-refractivity contribution in [2.24, 2.45) is 5.41 Å². The lowest BCUT2D eigenvalue weighted by molar-refractivity contribution is -0.384. The zero-order valence-electron chi connectivity index (χ0n) is 35.6. The van der Waals surface area contributed by atoms with Gasteiger partial charge in [0.15, 0.2) is 11.4 Å². The van der Waals surface area contributed by atoms with Crippen molar-refractivity contribution in [1.82, 2.24) is 19.6 Å². The van der Waals surface area contributed by atoms with Gasteiger partial charge in [0.05, 0.1) is 47.4 Å². The van der Waals surface area contributed by atoms with Gasteiger partial charge in [-0.2, -0.15) is 0 Å². The molecule has 10 rings (SSSR count). The van der Waals surface area contributed by atoms with E-state index < -0.39 is 43.6 Å². The summed E-state index contributed by atoms with van der Waals surface area (Å²) in [5.74, 6) is -0.537. The van der Waals surface area contributed by atoms with Crippen LogP contribution >= 0.6 is 0 Å². The van der Waals surface area contributed by atoms with Gasteiger partial charge in [0.2, 0.25) is 0 Å². The lowest BCUT2D eigenvalue weighted by Gasteiger charge is -2.56. The number of hydrogen-bond donors (Lipinski definition) is 3. The number of nitro groups is 1. The van der Waals surface area contributed by atoms with Crippen LogP contribution in [-0.2, 0) is 19.5 Å². The number of carbonyl (C=O) groups excluding carboxylic acids is 1. The predicted molar refractivity (Wildman–Crippen MR) is 241 cm³/mol. The summed E-state index contributed by atoms with van der Waals surface area (Å²) in [6.45, 7) is 10.2. The van der Waals surface area contributed by atoms with Gasteiger partial charge in [-0.1, -0.05) is 36.4 Å². The van der Waals surface area contributed by atoms with Crippen molar-refractivity contribution in [2.75, 3.05) is 56.3 Å². The predicted octanol–water partition coefficient (Wildman–Crippen LogP) is 7.59. The molecule has 3 aromatic carbocycles. The van der Waals surface area contributed by atoms with E-state index in [0.717, 1.165) is 67.7 Å². The van der Waals surface area contributed by atoms with E-state index in [1.54, 1.807) is 30.5 Å². The first-order valence-electron chi connectivity index (χ1n) is 21.9. The molecule has 64 heavy (non-hydrogen) atoms. The molecule has 16 nitrogen and oxygen atoms in total. The molecule has 6 heterocycles. The molecule has 4 aliphatic heterocycles. The number of aromatic amines is 1. The maximum Gasteiger partial charge on any atom is 0.297 e. The van der Waals surface area contributed by atoms with Crippen LogP contribution in [0.25, 0.3) is 16.6 Å². The first-order chi connectivity index (χ1) is 30.9. The van der Waals surface area contributed by atoms with Crippen LogP contribution in [0.15, 0.2) is 90.6 Å². The molecule has 1 spiro atoms. The molecule has 3 N–H and O–H groups in total. The van der Waals surface area contributed by atoms with E-state index in [-0.39, 0.29) is 41.4 Å². The van der Waals surface area contributed by atoms with Crippen LogP contribution < -0.4 is 24.4 Å².